The maximum atomic E-state index is 13.3. The number of Topliss-reactive ketones (excluding diaryl/α,β-unsaturated/α-hetero) is 1. The zero-order valence-corrected chi connectivity index (χ0v) is 23.9. The molecule has 0 amide bonds. The Kier molecular flexibility index (Phi) is 15.6. The second kappa shape index (κ2) is 16.6. The molecule has 1 aromatic carbocycles. The van der Waals surface area contributed by atoms with E-state index in [9.17, 15) is 9.00 Å². The van der Waals surface area contributed by atoms with E-state index in [0.29, 0.717) is 29.5 Å². The molecule has 1 rings (SSSR count). The summed E-state index contributed by atoms with van der Waals surface area (Å²) in [5.74, 6) is 0.878. The number of nitrogens with zero attached hydrogens (tertiary/aromatic N) is 2. The molecule has 0 saturated carbocycles. The predicted molar refractivity (Wildman–Crippen MR) is 149 cm³/mol. The van der Waals surface area contributed by atoms with Crippen LogP contribution in [0.15, 0.2) is 62.2 Å². The Morgan fingerprint density at radius 2 is 1.68 bits per heavy atom. The minimum Gasteiger partial charge on any atom is -0.336 e. The van der Waals surface area contributed by atoms with Crippen molar-refractivity contribution in [2.24, 2.45) is 21.8 Å². The van der Waals surface area contributed by atoms with Crippen LogP contribution in [-0.4, -0.2) is 27.3 Å². The summed E-state index contributed by atoms with van der Waals surface area (Å²) in [5.41, 5.74) is 3.22. The molecule has 3 atom stereocenters. The van der Waals surface area contributed by atoms with Crippen molar-refractivity contribution in [2.45, 2.75) is 80.2 Å². The molecule has 0 aliphatic rings. The first-order valence-electron chi connectivity index (χ1n) is 11.9. The van der Waals surface area contributed by atoms with Crippen molar-refractivity contribution in [2.75, 3.05) is 5.75 Å². The van der Waals surface area contributed by atoms with E-state index in [-0.39, 0.29) is 22.8 Å². The molecule has 34 heavy (non-hydrogen) atoms. The molecular formula is C27H42ClN3O2S. The number of halogens is 1. The van der Waals surface area contributed by atoms with Gasteiger partial charge in [-0.25, -0.2) is 4.99 Å². The molecule has 5 nitrogen and oxygen atoms in total. The molecule has 0 saturated heterocycles. The molecule has 0 fully saturated rings. The molecule has 0 aliphatic heterocycles. The van der Waals surface area contributed by atoms with Crippen molar-refractivity contribution in [3.05, 3.63) is 52.8 Å². The van der Waals surface area contributed by atoms with Crippen LogP contribution in [0, 0.1) is 11.8 Å². The third-order valence-electron chi connectivity index (χ3n) is 5.41. The number of hydrogen-bond donors (Lipinski definition) is 1. The lowest BCUT2D eigenvalue weighted by Gasteiger charge is -2.21. The van der Waals surface area contributed by atoms with E-state index in [0.717, 1.165) is 22.5 Å². The fraction of sp³-hybridized carbons (Fsp3) is 0.519. The highest BCUT2D eigenvalue weighted by Crippen LogP contribution is 2.18. The highest BCUT2D eigenvalue weighted by Gasteiger charge is 2.25. The fourth-order valence-corrected chi connectivity index (χ4v) is 3.92. The average Bonchev–Trinajstić information content (AvgIpc) is 2.82. The van der Waals surface area contributed by atoms with E-state index in [1.807, 2.05) is 72.7 Å². The highest BCUT2D eigenvalue weighted by molar-refractivity contribution is 7.85. The van der Waals surface area contributed by atoms with Crippen LogP contribution in [0.25, 0.3) is 0 Å². The number of benzene rings is 1. The lowest BCUT2D eigenvalue weighted by atomic mass is 9.89. The largest absolute Gasteiger partial charge is 0.336 e. The molecular weight excluding hydrogens is 466 g/mol. The van der Waals surface area contributed by atoms with Crippen LogP contribution in [0.2, 0.25) is 0 Å². The summed E-state index contributed by atoms with van der Waals surface area (Å²) in [4.78, 5) is 23.0. The van der Waals surface area contributed by atoms with Crippen molar-refractivity contribution in [3.63, 3.8) is 0 Å². The summed E-state index contributed by atoms with van der Waals surface area (Å²) in [7, 11) is -0.994. The van der Waals surface area contributed by atoms with E-state index in [1.54, 1.807) is 0 Å². The number of carbonyl (C=O) groups is 1. The molecule has 190 valence electrons. The van der Waals surface area contributed by atoms with Crippen LogP contribution in [-0.2, 0) is 22.1 Å². The Hall–Kier alpha value is -2.05. The summed E-state index contributed by atoms with van der Waals surface area (Å²) >= 11 is 5.87. The molecule has 0 aliphatic carbocycles. The summed E-state index contributed by atoms with van der Waals surface area (Å²) in [5, 5.41) is 3.40. The van der Waals surface area contributed by atoms with Gasteiger partial charge in [-0.2, -0.15) is 0 Å². The Balaban J connectivity index is 0.00000529. The molecule has 0 bridgehead atoms. The summed E-state index contributed by atoms with van der Waals surface area (Å²) in [6, 6.07) is 7.51. The average molecular weight is 508 g/mol. The third kappa shape index (κ3) is 10.5. The maximum absolute atomic E-state index is 13.3. The molecule has 1 N–H and O–H groups in total. The Bertz CT molecular complexity index is 930. The first-order valence-corrected chi connectivity index (χ1v) is 13.6. The van der Waals surface area contributed by atoms with Gasteiger partial charge < -0.3 is 5.32 Å². The fourth-order valence-electron chi connectivity index (χ4n) is 3.02. The number of carbonyl (C=O) groups excluding carboxylic acids is 1. The number of amidine groups is 1. The van der Waals surface area contributed by atoms with Crippen molar-refractivity contribution in [3.8, 4) is 0 Å². The van der Waals surface area contributed by atoms with Crippen LogP contribution in [0.4, 0.5) is 0 Å². The van der Waals surface area contributed by atoms with Crippen molar-refractivity contribution < 1.29 is 9.00 Å². The van der Waals surface area contributed by atoms with Gasteiger partial charge in [-0.15, -0.1) is 0 Å². The molecule has 0 spiro atoms. The van der Waals surface area contributed by atoms with E-state index in [4.69, 9.17) is 11.6 Å². The van der Waals surface area contributed by atoms with Gasteiger partial charge in [0.25, 0.3) is 0 Å². The summed E-state index contributed by atoms with van der Waals surface area (Å²) in [6.45, 7) is 21.6. The Morgan fingerprint density at radius 1 is 1.12 bits per heavy atom. The Labute approximate surface area is 214 Å². The topological polar surface area (TPSA) is 70.9 Å². The van der Waals surface area contributed by atoms with E-state index in [2.05, 4.69) is 35.7 Å². The van der Waals surface area contributed by atoms with Gasteiger partial charge in [0, 0.05) is 16.6 Å². The van der Waals surface area contributed by atoms with Gasteiger partial charge in [0.2, 0.25) is 5.78 Å². The predicted octanol–water partition coefficient (Wildman–Crippen LogP) is 7.04. The lowest BCUT2D eigenvalue weighted by Crippen LogP contribution is -2.38. The molecule has 0 radical (unpaired) electrons. The first kappa shape index (κ1) is 31.9. The van der Waals surface area contributed by atoms with Crippen molar-refractivity contribution >= 4 is 39.7 Å². The quantitative estimate of drug-likeness (QED) is 0.198. The second-order valence-electron chi connectivity index (χ2n) is 8.05. The zero-order valence-electron chi connectivity index (χ0n) is 22.3. The Morgan fingerprint density at radius 3 is 2.12 bits per heavy atom. The minimum absolute atomic E-state index is 0.0423. The monoisotopic (exact) mass is 507 g/mol. The summed E-state index contributed by atoms with van der Waals surface area (Å²) < 4.78 is 12.0. The third-order valence-corrected chi connectivity index (χ3v) is 6.81. The highest BCUT2D eigenvalue weighted by atomic mass is 35.5. The minimum atomic E-state index is -0.994. The molecule has 1 aromatic rings. The first-order chi connectivity index (χ1) is 16.0. The maximum Gasteiger partial charge on any atom is 0.200 e. The number of hydrogen-bond acceptors (Lipinski definition) is 4. The van der Waals surface area contributed by atoms with Crippen LogP contribution in [0.5, 0.6) is 0 Å². The zero-order chi connectivity index (χ0) is 26.4. The smallest absolute Gasteiger partial charge is 0.200 e. The number of ketones is 1. The van der Waals surface area contributed by atoms with Crippen LogP contribution in [0.3, 0.4) is 0 Å². The number of nitrogens with one attached hydrogen (secondary N) is 1. The van der Waals surface area contributed by atoms with Crippen LogP contribution in [0.1, 0.15) is 74.3 Å². The second-order valence-corrected chi connectivity index (χ2v) is 10.2. The van der Waals surface area contributed by atoms with Gasteiger partial charge in [0.05, 0.1) is 28.8 Å². The van der Waals surface area contributed by atoms with E-state index < -0.39 is 10.8 Å². The van der Waals surface area contributed by atoms with Gasteiger partial charge in [-0.3, -0.25) is 14.0 Å². The number of aliphatic imine (C=N–C) groups is 2. The van der Waals surface area contributed by atoms with E-state index >= 15 is 0 Å². The van der Waals surface area contributed by atoms with Crippen LogP contribution >= 0.6 is 11.6 Å². The van der Waals surface area contributed by atoms with Gasteiger partial charge in [0.15, 0.2) is 5.84 Å². The molecule has 2 unspecified atom stereocenters. The van der Waals surface area contributed by atoms with Crippen LogP contribution < -0.4 is 5.32 Å². The number of allylic oxidation sites excluding steroid dienone is 2. The standard InChI is InChI=1S/C25H36ClN3O2S.C2H6/c1-9-17(5)18(6)24(30)25(29-23(16(3)4)19(7)28-20(8)26)27-15-21-11-13-22(14-12-21)32(31)10-2;1-2/h11-14,17-18H,8-10,15H2,1-7H3,(H,27,29);1-2H3/b28-19-;/t17-,18?,32?;/m1./s1. The van der Waals surface area contributed by atoms with Crippen molar-refractivity contribution in [1.82, 2.24) is 5.32 Å². The molecule has 7 heteroatoms. The van der Waals surface area contributed by atoms with E-state index in [1.165, 1.54) is 0 Å². The normalized spacial score (nSPS) is 14.3. The van der Waals surface area contributed by atoms with Crippen molar-refractivity contribution in [1.29, 1.82) is 0 Å². The van der Waals surface area contributed by atoms with Gasteiger partial charge in [-0.05, 0) is 44.4 Å². The lowest BCUT2D eigenvalue weighted by molar-refractivity contribution is -0.117. The summed E-state index contributed by atoms with van der Waals surface area (Å²) in [6.07, 6.45) is 0.901. The van der Waals surface area contributed by atoms with Gasteiger partial charge in [0.1, 0.15) is 5.16 Å². The van der Waals surface area contributed by atoms with Gasteiger partial charge in [-0.1, -0.05) is 83.8 Å². The molecule has 0 heterocycles. The SMILES string of the molecule is C=C(Cl)/N=C(/C)C(NC(=NCc1ccc(S(=O)CC)cc1)C(=O)C(C)[C@H](C)CC)=C(C)C.CC. The molecule has 0 aromatic heterocycles. The van der Waals surface area contributed by atoms with Gasteiger partial charge >= 0.3 is 0 Å². The number of rotatable bonds is 11.